The summed E-state index contributed by atoms with van der Waals surface area (Å²) < 4.78 is 11.0. The van der Waals surface area contributed by atoms with Crippen molar-refractivity contribution in [1.82, 2.24) is 4.98 Å². The molecule has 0 radical (unpaired) electrons. The fourth-order valence-electron chi connectivity index (χ4n) is 1.88. The van der Waals surface area contributed by atoms with Gasteiger partial charge in [-0.15, -0.1) is 0 Å². The van der Waals surface area contributed by atoms with Crippen LogP contribution in [0.1, 0.15) is 28.7 Å². The van der Waals surface area contributed by atoms with Gasteiger partial charge in [0.25, 0.3) is 0 Å². The predicted molar refractivity (Wildman–Crippen MR) is 77.9 cm³/mol. The Morgan fingerprint density at radius 1 is 1.24 bits per heavy atom. The summed E-state index contributed by atoms with van der Waals surface area (Å²) in [7, 11) is 1.59. The van der Waals surface area contributed by atoms with Crippen LogP contribution in [0.5, 0.6) is 11.5 Å². The summed E-state index contributed by atoms with van der Waals surface area (Å²) in [6, 6.07) is 10.6. The van der Waals surface area contributed by atoms with E-state index in [1.165, 1.54) is 6.07 Å². The predicted octanol–water partition coefficient (Wildman–Crippen LogP) is 2.93. The number of benzene rings is 1. The molecule has 0 aliphatic carbocycles. The number of carbonyl (C=O) groups is 1. The highest BCUT2D eigenvalue weighted by Crippen LogP contribution is 2.28. The van der Waals surface area contributed by atoms with Gasteiger partial charge < -0.3 is 14.6 Å². The van der Waals surface area contributed by atoms with Gasteiger partial charge in [-0.2, -0.15) is 0 Å². The lowest BCUT2D eigenvalue weighted by Crippen LogP contribution is -2.05. The molecule has 1 N–H and O–H groups in total. The molecule has 21 heavy (non-hydrogen) atoms. The van der Waals surface area contributed by atoms with E-state index in [0.29, 0.717) is 17.2 Å². The van der Waals surface area contributed by atoms with Gasteiger partial charge in [0.1, 0.15) is 12.3 Å². The Hall–Kier alpha value is -2.56. The molecule has 0 unspecified atom stereocenters. The Morgan fingerprint density at radius 3 is 2.71 bits per heavy atom. The van der Waals surface area contributed by atoms with Crippen molar-refractivity contribution in [1.29, 1.82) is 0 Å². The second-order valence-corrected chi connectivity index (χ2v) is 4.45. The SMILES string of the molecule is CCc1ccc(OCc2cccc(C(=O)O)n2)c(OC)c1. The van der Waals surface area contributed by atoms with Gasteiger partial charge in [-0.3, -0.25) is 0 Å². The number of nitrogens with zero attached hydrogens (tertiary/aromatic N) is 1. The summed E-state index contributed by atoms with van der Waals surface area (Å²) in [6.45, 7) is 2.25. The molecule has 2 aromatic rings. The van der Waals surface area contributed by atoms with E-state index in [0.717, 1.165) is 12.0 Å². The number of pyridine rings is 1. The minimum Gasteiger partial charge on any atom is -0.493 e. The van der Waals surface area contributed by atoms with E-state index < -0.39 is 5.97 Å². The van der Waals surface area contributed by atoms with Crippen LogP contribution in [0.3, 0.4) is 0 Å². The van der Waals surface area contributed by atoms with Gasteiger partial charge in [0.05, 0.1) is 12.8 Å². The number of hydrogen-bond donors (Lipinski definition) is 1. The molecule has 5 nitrogen and oxygen atoms in total. The highest BCUT2D eigenvalue weighted by Gasteiger charge is 2.08. The number of ether oxygens (including phenoxy) is 2. The first-order valence-electron chi connectivity index (χ1n) is 6.63. The minimum atomic E-state index is -1.05. The molecule has 0 bridgehead atoms. The quantitative estimate of drug-likeness (QED) is 0.884. The number of methoxy groups -OCH3 is 1. The van der Waals surface area contributed by atoms with Gasteiger partial charge >= 0.3 is 5.97 Å². The molecule has 0 saturated carbocycles. The molecular formula is C16H17NO4. The largest absolute Gasteiger partial charge is 0.493 e. The monoisotopic (exact) mass is 287 g/mol. The lowest BCUT2D eigenvalue weighted by atomic mass is 10.1. The Morgan fingerprint density at radius 2 is 2.05 bits per heavy atom. The Labute approximate surface area is 123 Å². The normalized spacial score (nSPS) is 10.2. The number of aromatic nitrogens is 1. The third-order valence-electron chi connectivity index (χ3n) is 3.04. The molecule has 0 amide bonds. The van der Waals surface area contributed by atoms with Crippen molar-refractivity contribution >= 4 is 5.97 Å². The minimum absolute atomic E-state index is 0.00407. The maximum Gasteiger partial charge on any atom is 0.354 e. The third-order valence-corrected chi connectivity index (χ3v) is 3.04. The average molecular weight is 287 g/mol. The van der Waals surface area contributed by atoms with Crippen LogP contribution in [0.15, 0.2) is 36.4 Å². The summed E-state index contributed by atoms with van der Waals surface area (Å²) in [5.41, 5.74) is 1.71. The van der Waals surface area contributed by atoms with Crippen molar-refractivity contribution in [3.63, 3.8) is 0 Å². The van der Waals surface area contributed by atoms with E-state index in [1.807, 2.05) is 18.2 Å². The lowest BCUT2D eigenvalue weighted by molar-refractivity contribution is 0.0690. The van der Waals surface area contributed by atoms with Crippen LogP contribution < -0.4 is 9.47 Å². The zero-order valence-electron chi connectivity index (χ0n) is 12.0. The second kappa shape index (κ2) is 6.74. The molecule has 0 aliphatic rings. The number of carboxylic acid groups (broad SMARTS) is 1. The van der Waals surface area contributed by atoms with E-state index in [9.17, 15) is 4.79 Å². The fraction of sp³-hybridized carbons (Fsp3) is 0.250. The number of rotatable bonds is 6. The first-order chi connectivity index (χ1) is 10.1. The summed E-state index contributed by atoms with van der Waals surface area (Å²) in [5.74, 6) is 0.211. The van der Waals surface area contributed by atoms with E-state index >= 15 is 0 Å². The molecule has 0 spiro atoms. The number of aryl methyl sites for hydroxylation is 1. The Bertz CT molecular complexity index is 640. The summed E-state index contributed by atoms with van der Waals surface area (Å²) in [5, 5.41) is 8.91. The van der Waals surface area contributed by atoms with Crippen molar-refractivity contribution in [2.45, 2.75) is 20.0 Å². The van der Waals surface area contributed by atoms with Crippen molar-refractivity contribution in [2.24, 2.45) is 0 Å². The molecule has 1 aromatic carbocycles. The average Bonchev–Trinajstić information content (AvgIpc) is 2.53. The Balaban J connectivity index is 2.12. The van der Waals surface area contributed by atoms with Crippen LogP contribution in [0.2, 0.25) is 0 Å². The van der Waals surface area contributed by atoms with E-state index in [-0.39, 0.29) is 12.3 Å². The zero-order valence-corrected chi connectivity index (χ0v) is 12.0. The smallest absolute Gasteiger partial charge is 0.354 e. The maximum absolute atomic E-state index is 10.9. The summed E-state index contributed by atoms with van der Waals surface area (Å²) in [4.78, 5) is 14.9. The number of carboxylic acids is 1. The fourth-order valence-corrected chi connectivity index (χ4v) is 1.88. The maximum atomic E-state index is 10.9. The molecule has 110 valence electrons. The second-order valence-electron chi connectivity index (χ2n) is 4.45. The molecule has 0 aliphatic heterocycles. The molecule has 1 aromatic heterocycles. The molecule has 0 atom stereocenters. The van der Waals surface area contributed by atoms with Gasteiger partial charge in [-0.25, -0.2) is 9.78 Å². The molecule has 1 heterocycles. The van der Waals surface area contributed by atoms with Crippen molar-refractivity contribution < 1.29 is 19.4 Å². The number of aromatic carboxylic acids is 1. The van der Waals surface area contributed by atoms with Crippen LogP contribution in [0.4, 0.5) is 0 Å². The van der Waals surface area contributed by atoms with Gasteiger partial charge in [-0.05, 0) is 36.2 Å². The summed E-state index contributed by atoms with van der Waals surface area (Å²) >= 11 is 0. The molecule has 2 rings (SSSR count). The van der Waals surface area contributed by atoms with E-state index in [2.05, 4.69) is 11.9 Å². The first kappa shape index (κ1) is 14.8. The third kappa shape index (κ3) is 3.72. The van der Waals surface area contributed by atoms with Crippen LogP contribution in [-0.4, -0.2) is 23.2 Å². The molecule has 5 heteroatoms. The standard InChI is InChI=1S/C16H17NO4/c1-3-11-7-8-14(15(9-11)20-2)21-10-12-5-4-6-13(17-12)16(18)19/h4-9H,3,10H2,1-2H3,(H,18,19). The van der Waals surface area contributed by atoms with Crippen LogP contribution in [-0.2, 0) is 13.0 Å². The zero-order chi connectivity index (χ0) is 15.2. The van der Waals surface area contributed by atoms with Crippen molar-refractivity contribution in [3.05, 3.63) is 53.3 Å². The van der Waals surface area contributed by atoms with Crippen LogP contribution in [0, 0.1) is 0 Å². The topological polar surface area (TPSA) is 68.7 Å². The van der Waals surface area contributed by atoms with E-state index in [1.54, 1.807) is 19.2 Å². The van der Waals surface area contributed by atoms with Gasteiger partial charge in [-0.1, -0.05) is 19.1 Å². The van der Waals surface area contributed by atoms with Gasteiger partial charge in [0.2, 0.25) is 0 Å². The summed E-state index contributed by atoms with van der Waals surface area (Å²) in [6.07, 6.45) is 0.916. The van der Waals surface area contributed by atoms with Gasteiger partial charge in [0, 0.05) is 0 Å². The van der Waals surface area contributed by atoms with Crippen molar-refractivity contribution in [2.75, 3.05) is 7.11 Å². The molecular weight excluding hydrogens is 270 g/mol. The van der Waals surface area contributed by atoms with E-state index in [4.69, 9.17) is 14.6 Å². The van der Waals surface area contributed by atoms with Gasteiger partial charge in [0.15, 0.2) is 11.5 Å². The highest BCUT2D eigenvalue weighted by molar-refractivity contribution is 5.85. The molecule has 0 fully saturated rings. The molecule has 0 saturated heterocycles. The first-order valence-corrected chi connectivity index (χ1v) is 6.63. The lowest BCUT2D eigenvalue weighted by Gasteiger charge is -2.11. The van der Waals surface area contributed by atoms with Crippen LogP contribution in [0.25, 0.3) is 0 Å². The number of hydrogen-bond acceptors (Lipinski definition) is 4. The van der Waals surface area contributed by atoms with Crippen LogP contribution >= 0.6 is 0 Å². The highest BCUT2D eigenvalue weighted by atomic mass is 16.5. The van der Waals surface area contributed by atoms with Crippen molar-refractivity contribution in [3.8, 4) is 11.5 Å². The Kier molecular flexibility index (Phi) is 4.77.